The number of methoxy groups -OCH3 is 1. The first-order chi connectivity index (χ1) is 7.58. The van der Waals surface area contributed by atoms with Crippen molar-refractivity contribution in [3.8, 4) is 0 Å². The Kier molecular flexibility index (Phi) is 5.22. The molecule has 0 atom stereocenters. The van der Waals surface area contributed by atoms with Gasteiger partial charge in [0.1, 0.15) is 0 Å². The molecule has 1 rings (SSSR count). The predicted octanol–water partition coefficient (Wildman–Crippen LogP) is 0.917. The van der Waals surface area contributed by atoms with Crippen molar-refractivity contribution >= 4 is 5.91 Å². The quantitative estimate of drug-likeness (QED) is 0.649. The summed E-state index contributed by atoms with van der Waals surface area (Å²) in [7, 11) is 1.74. The number of carbonyl (C=O) groups is 1. The zero-order chi connectivity index (χ0) is 12.0. The van der Waals surface area contributed by atoms with Crippen molar-refractivity contribution in [2.75, 3.05) is 26.8 Å². The molecule has 0 aromatic carbocycles. The third kappa shape index (κ3) is 4.94. The molecular formula is C12H24N2O2. The van der Waals surface area contributed by atoms with Crippen LogP contribution in [0.4, 0.5) is 0 Å². The zero-order valence-corrected chi connectivity index (χ0v) is 10.6. The van der Waals surface area contributed by atoms with Crippen LogP contribution >= 0.6 is 0 Å². The van der Waals surface area contributed by atoms with Gasteiger partial charge in [-0.05, 0) is 38.5 Å². The van der Waals surface area contributed by atoms with Gasteiger partial charge < -0.3 is 15.4 Å². The molecule has 0 aromatic rings. The van der Waals surface area contributed by atoms with E-state index in [1.165, 1.54) is 12.8 Å². The Morgan fingerprint density at radius 1 is 1.44 bits per heavy atom. The fraction of sp³-hybridized carbons (Fsp3) is 0.917. The molecule has 0 bridgehead atoms. The van der Waals surface area contributed by atoms with Crippen LogP contribution in [0.2, 0.25) is 0 Å². The zero-order valence-electron chi connectivity index (χ0n) is 10.6. The Morgan fingerprint density at radius 3 is 2.62 bits per heavy atom. The largest absolute Gasteiger partial charge is 0.385 e. The van der Waals surface area contributed by atoms with Gasteiger partial charge in [-0.2, -0.15) is 0 Å². The minimum absolute atomic E-state index is 0.0811. The van der Waals surface area contributed by atoms with E-state index in [0.717, 1.165) is 19.6 Å². The molecule has 1 amide bonds. The topological polar surface area (TPSA) is 50.4 Å². The van der Waals surface area contributed by atoms with Gasteiger partial charge in [-0.15, -0.1) is 0 Å². The molecule has 4 heteroatoms. The molecule has 0 saturated heterocycles. The van der Waals surface area contributed by atoms with Crippen LogP contribution in [-0.4, -0.2) is 38.8 Å². The molecule has 0 aliphatic heterocycles. The molecular weight excluding hydrogens is 204 g/mol. The van der Waals surface area contributed by atoms with E-state index in [-0.39, 0.29) is 11.9 Å². The first kappa shape index (κ1) is 13.5. The lowest BCUT2D eigenvalue weighted by molar-refractivity contribution is -0.120. The molecule has 0 unspecified atom stereocenters. The molecule has 0 aromatic heterocycles. The minimum Gasteiger partial charge on any atom is -0.385 e. The van der Waals surface area contributed by atoms with E-state index in [1.54, 1.807) is 7.11 Å². The second kappa shape index (κ2) is 6.21. The van der Waals surface area contributed by atoms with E-state index in [4.69, 9.17) is 4.74 Å². The van der Waals surface area contributed by atoms with Gasteiger partial charge in [0.2, 0.25) is 5.91 Å². The predicted molar refractivity (Wildman–Crippen MR) is 64.3 cm³/mol. The Hall–Kier alpha value is -0.610. The molecule has 0 heterocycles. The Labute approximate surface area is 98.1 Å². The molecule has 1 aliphatic carbocycles. The lowest BCUT2D eigenvalue weighted by Crippen LogP contribution is -2.39. The summed E-state index contributed by atoms with van der Waals surface area (Å²) in [6.45, 7) is 6.12. The second-order valence-electron chi connectivity index (χ2n) is 5.07. The van der Waals surface area contributed by atoms with Crippen LogP contribution in [0, 0.1) is 5.41 Å². The van der Waals surface area contributed by atoms with E-state index in [1.807, 2.05) is 13.8 Å². The van der Waals surface area contributed by atoms with E-state index < -0.39 is 0 Å². The maximum atomic E-state index is 11.4. The van der Waals surface area contributed by atoms with E-state index in [0.29, 0.717) is 12.0 Å². The monoisotopic (exact) mass is 228 g/mol. The number of amides is 1. The van der Waals surface area contributed by atoms with Gasteiger partial charge in [0.15, 0.2) is 0 Å². The average Bonchev–Trinajstić information content (AvgIpc) is 2.94. The molecule has 16 heavy (non-hydrogen) atoms. The summed E-state index contributed by atoms with van der Waals surface area (Å²) in [5.74, 6) is 0.0811. The van der Waals surface area contributed by atoms with Crippen molar-refractivity contribution in [2.45, 2.75) is 39.2 Å². The summed E-state index contributed by atoms with van der Waals surface area (Å²) in [5, 5.41) is 6.10. The molecule has 1 aliphatic rings. The van der Waals surface area contributed by atoms with Crippen molar-refractivity contribution in [3.05, 3.63) is 0 Å². The van der Waals surface area contributed by atoms with Crippen LogP contribution < -0.4 is 10.6 Å². The summed E-state index contributed by atoms with van der Waals surface area (Å²) >= 11 is 0. The maximum absolute atomic E-state index is 11.4. The number of hydrogen-bond donors (Lipinski definition) is 2. The third-order valence-electron chi connectivity index (χ3n) is 3.03. The smallest absolute Gasteiger partial charge is 0.234 e. The van der Waals surface area contributed by atoms with E-state index in [2.05, 4.69) is 10.6 Å². The molecule has 0 spiro atoms. The minimum atomic E-state index is 0.0811. The van der Waals surface area contributed by atoms with Crippen molar-refractivity contribution < 1.29 is 9.53 Å². The van der Waals surface area contributed by atoms with Crippen LogP contribution in [0.3, 0.4) is 0 Å². The number of carbonyl (C=O) groups excluding carboxylic acids is 1. The van der Waals surface area contributed by atoms with Crippen LogP contribution in [-0.2, 0) is 9.53 Å². The number of ether oxygens (including phenoxy) is 1. The van der Waals surface area contributed by atoms with E-state index in [9.17, 15) is 4.79 Å². The molecule has 1 fully saturated rings. The van der Waals surface area contributed by atoms with Crippen molar-refractivity contribution in [3.63, 3.8) is 0 Å². The molecule has 4 nitrogen and oxygen atoms in total. The van der Waals surface area contributed by atoms with Crippen molar-refractivity contribution in [1.82, 2.24) is 10.6 Å². The van der Waals surface area contributed by atoms with Gasteiger partial charge in [0, 0.05) is 26.3 Å². The maximum Gasteiger partial charge on any atom is 0.234 e. The molecule has 94 valence electrons. The summed E-state index contributed by atoms with van der Waals surface area (Å²) in [6, 6.07) is 0.220. The second-order valence-corrected chi connectivity index (χ2v) is 5.07. The van der Waals surface area contributed by atoms with Gasteiger partial charge in [0.05, 0.1) is 6.54 Å². The van der Waals surface area contributed by atoms with Gasteiger partial charge in [-0.25, -0.2) is 0 Å². The van der Waals surface area contributed by atoms with Gasteiger partial charge in [-0.1, -0.05) is 0 Å². The third-order valence-corrected chi connectivity index (χ3v) is 3.03. The first-order valence-electron chi connectivity index (χ1n) is 6.07. The highest BCUT2D eigenvalue weighted by Crippen LogP contribution is 2.48. The van der Waals surface area contributed by atoms with Crippen LogP contribution in [0.1, 0.15) is 33.1 Å². The summed E-state index contributed by atoms with van der Waals surface area (Å²) < 4.78 is 5.09. The summed E-state index contributed by atoms with van der Waals surface area (Å²) in [5.41, 5.74) is 0.411. The van der Waals surface area contributed by atoms with Crippen LogP contribution in [0.15, 0.2) is 0 Å². The lowest BCUT2D eigenvalue weighted by Gasteiger charge is -2.15. The first-order valence-corrected chi connectivity index (χ1v) is 6.07. The number of hydrogen-bond acceptors (Lipinski definition) is 3. The molecule has 2 N–H and O–H groups in total. The fourth-order valence-corrected chi connectivity index (χ4v) is 1.82. The molecule has 1 saturated carbocycles. The van der Waals surface area contributed by atoms with Gasteiger partial charge >= 0.3 is 0 Å². The van der Waals surface area contributed by atoms with Crippen LogP contribution in [0.5, 0.6) is 0 Å². The summed E-state index contributed by atoms with van der Waals surface area (Å²) in [6.07, 6.45) is 3.62. The van der Waals surface area contributed by atoms with Crippen molar-refractivity contribution in [2.24, 2.45) is 5.41 Å². The fourth-order valence-electron chi connectivity index (χ4n) is 1.82. The number of rotatable bonds is 8. The average molecular weight is 228 g/mol. The van der Waals surface area contributed by atoms with Gasteiger partial charge in [0.25, 0.3) is 0 Å². The van der Waals surface area contributed by atoms with E-state index >= 15 is 0 Å². The van der Waals surface area contributed by atoms with Crippen LogP contribution in [0.25, 0.3) is 0 Å². The Morgan fingerprint density at radius 2 is 2.12 bits per heavy atom. The SMILES string of the molecule is COCCC1(CNCC(=O)NC(C)C)CC1. The van der Waals surface area contributed by atoms with Crippen molar-refractivity contribution in [1.29, 1.82) is 0 Å². The number of nitrogens with one attached hydrogen (secondary N) is 2. The van der Waals surface area contributed by atoms with Gasteiger partial charge in [-0.3, -0.25) is 4.79 Å². The lowest BCUT2D eigenvalue weighted by atomic mass is 10.0. The highest BCUT2D eigenvalue weighted by Gasteiger charge is 2.41. The normalized spacial score (nSPS) is 17.5. The Bertz CT molecular complexity index is 225. The Balaban J connectivity index is 2.08. The summed E-state index contributed by atoms with van der Waals surface area (Å²) in [4.78, 5) is 11.4. The standard InChI is InChI=1S/C12H24N2O2/c1-10(2)14-11(15)8-13-9-12(4-5-12)6-7-16-3/h10,13H,4-9H2,1-3H3,(H,14,15). The highest BCUT2D eigenvalue weighted by molar-refractivity contribution is 5.78. The highest BCUT2D eigenvalue weighted by atomic mass is 16.5. The molecule has 0 radical (unpaired) electrons.